The highest BCUT2D eigenvalue weighted by atomic mass is 35.5. The van der Waals surface area contributed by atoms with Gasteiger partial charge in [0.25, 0.3) is 11.7 Å². The zero-order chi connectivity index (χ0) is 46.0. The standard InChI is InChI=1S/C45H52Cl2N2O13/c1-20-11-10-12-21(2)44(57)49-35-29(18-48-60-19-27-13-14-28(46)17-30(27)47)39(54)32-33(40(35)55)38(53)25(6)42-34(32)43(56)45(8,62-42)59-16-15-31(58-9)22(3)41(61-26(7)50)24(5)37(52)23(4)36(20)51/h10-18,20,22-24,31,36-37,41,51-55H,19H2,1-9H3,(H,49,57)/b11-10+,16-15+,21-12-,48-18+. The minimum Gasteiger partial charge on any atom is -0.507 e. The van der Waals surface area contributed by atoms with Crippen molar-refractivity contribution < 1.29 is 63.7 Å². The van der Waals surface area contributed by atoms with Gasteiger partial charge in [-0.1, -0.05) is 80.3 Å². The summed E-state index contributed by atoms with van der Waals surface area (Å²) in [7, 11) is 1.42. The SMILES string of the molecule is COC1/C=C/OC2(C)Oc3c(C)c(O)c4c(O)c(c(/C=N/OCc5ccc(Cl)cc5Cl)c(O)c4c3C2=O)NC(=O)/C(C)=C\C=C\C(C)C(O)C(C)C(O)C(C)C(OC(C)=O)C1C. The van der Waals surface area contributed by atoms with Crippen LogP contribution in [0.3, 0.4) is 0 Å². The summed E-state index contributed by atoms with van der Waals surface area (Å²) in [4.78, 5) is 46.0. The molecule has 6 N–H and O–H groups in total. The Morgan fingerprint density at radius 1 is 0.968 bits per heavy atom. The van der Waals surface area contributed by atoms with Gasteiger partial charge in [-0.25, -0.2) is 0 Å². The number of hydrogen-bond acceptors (Lipinski definition) is 14. The highest BCUT2D eigenvalue weighted by molar-refractivity contribution is 6.35. The van der Waals surface area contributed by atoms with Gasteiger partial charge in [0.2, 0.25) is 0 Å². The van der Waals surface area contributed by atoms with Gasteiger partial charge in [-0.2, -0.15) is 0 Å². The summed E-state index contributed by atoms with van der Waals surface area (Å²) >= 11 is 12.3. The first-order chi connectivity index (χ1) is 29.1. The number of rotatable bonds is 6. The Labute approximate surface area is 369 Å². The van der Waals surface area contributed by atoms with Crippen LogP contribution in [0.5, 0.6) is 23.0 Å². The Morgan fingerprint density at radius 3 is 2.31 bits per heavy atom. The maximum absolute atomic E-state index is 14.4. The van der Waals surface area contributed by atoms with E-state index in [1.165, 1.54) is 59.3 Å². The molecule has 17 heteroatoms. The fourth-order valence-electron chi connectivity index (χ4n) is 7.71. The lowest BCUT2D eigenvalue weighted by atomic mass is 9.78. The third-order valence-electron chi connectivity index (χ3n) is 11.5. The molecule has 0 spiro atoms. The van der Waals surface area contributed by atoms with Crippen LogP contribution in [0.15, 0.2) is 59.5 Å². The summed E-state index contributed by atoms with van der Waals surface area (Å²) in [6.07, 6.45) is 4.29. The molecular weight excluding hydrogens is 847 g/mol. The molecule has 0 aliphatic carbocycles. The topological polar surface area (TPSA) is 223 Å². The number of benzene rings is 3. The monoisotopic (exact) mass is 898 g/mol. The molecule has 9 unspecified atom stereocenters. The Balaban J connectivity index is 1.69. The van der Waals surface area contributed by atoms with Gasteiger partial charge in [-0.3, -0.25) is 14.4 Å². The van der Waals surface area contributed by atoms with Crippen LogP contribution in [-0.2, 0) is 35.2 Å². The van der Waals surface area contributed by atoms with E-state index in [1.807, 2.05) is 0 Å². The number of fused-ring (bicyclic) bond motifs is 14. The number of ketones is 1. The fourth-order valence-corrected chi connectivity index (χ4v) is 8.17. The molecule has 3 aromatic rings. The smallest absolute Gasteiger partial charge is 0.312 e. The average Bonchev–Trinajstić information content (AvgIpc) is 3.49. The number of amides is 1. The minimum absolute atomic E-state index is 0.00570. The van der Waals surface area contributed by atoms with Crippen molar-refractivity contribution in [3.63, 3.8) is 0 Å². The van der Waals surface area contributed by atoms with Crippen LogP contribution in [0.1, 0.15) is 75.5 Å². The van der Waals surface area contributed by atoms with Gasteiger partial charge in [-0.05, 0) is 32.1 Å². The summed E-state index contributed by atoms with van der Waals surface area (Å²) in [5.74, 6) is -9.00. The van der Waals surface area contributed by atoms with Crippen molar-refractivity contribution in [2.75, 3.05) is 12.4 Å². The molecule has 1 amide bonds. The second-order valence-corrected chi connectivity index (χ2v) is 16.7. The number of nitrogens with zero attached hydrogens (tertiary/aromatic N) is 1. The second kappa shape index (κ2) is 19.4. The molecular formula is C45H52Cl2N2O13. The van der Waals surface area contributed by atoms with Crippen molar-refractivity contribution in [3.05, 3.63) is 86.6 Å². The molecule has 0 radical (unpaired) electrons. The number of halogens is 2. The number of ether oxygens (including phenoxy) is 4. The number of carbonyl (C=O) groups is 3. The predicted octanol–water partition coefficient (Wildman–Crippen LogP) is 7.61. The average molecular weight is 900 g/mol. The van der Waals surface area contributed by atoms with E-state index in [2.05, 4.69) is 10.5 Å². The fraction of sp³-hybridized carbons (Fsp3) is 0.422. The van der Waals surface area contributed by atoms with E-state index in [1.54, 1.807) is 52.0 Å². The molecule has 3 heterocycles. The first-order valence-electron chi connectivity index (χ1n) is 19.8. The van der Waals surface area contributed by atoms with Crippen molar-refractivity contribution in [2.45, 2.75) is 92.2 Å². The third kappa shape index (κ3) is 9.52. The van der Waals surface area contributed by atoms with Gasteiger partial charge in [0.05, 0.1) is 53.0 Å². The van der Waals surface area contributed by atoms with Gasteiger partial charge in [-0.15, -0.1) is 0 Å². The zero-order valence-corrected chi connectivity index (χ0v) is 37.2. The molecule has 0 saturated carbocycles. The maximum Gasteiger partial charge on any atom is 0.312 e. The summed E-state index contributed by atoms with van der Waals surface area (Å²) < 4.78 is 23.5. The van der Waals surface area contributed by atoms with Crippen LogP contribution in [0.25, 0.3) is 10.8 Å². The predicted molar refractivity (Wildman–Crippen MR) is 233 cm³/mol. The number of allylic oxidation sites excluding steroid dienone is 2. The van der Waals surface area contributed by atoms with Gasteiger partial charge >= 0.3 is 11.8 Å². The molecule has 62 heavy (non-hydrogen) atoms. The molecule has 0 fully saturated rings. The molecule has 0 saturated heterocycles. The molecule has 3 aromatic carbocycles. The number of anilines is 1. The number of nitrogens with one attached hydrogen (secondary N) is 1. The Bertz CT molecular complexity index is 2360. The van der Waals surface area contributed by atoms with Crippen LogP contribution < -0.4 is 10.1 Å². The van der Waals surface area contributed by atoms with Gasteiger partial charge in [0, 0.05) is 76.8 Å². The summed E-state index contributed by atoms with van der Waals surface area (Å²) in [6.45, 7) is 12.2. The van der Waals surface area contributed by atoms with Crippen LogP contribution >= 0.6 is 23.2 Å². The number of methoxy groups -OCH3 is 1. The Hall–Kier alpha value is -5.32. The largest absolute Gasteiger partial charge is 0.507 e. The highest BCUT2D eigenvalue weighted by Gasteiger charge is 2.50. The number of esters is 1. The number of carbonyl (C=O) groups excluding carboxylic acids is 3. The molecule has 9 atom stereocenters. The summed E-state index contributed by atoms with van der Waals surface area (Å²) in [5.41, 5.74) is -0.320. The first-order valence-corrected chi connectivity index (χ1v) is 20.6. The Kier molecular flexibility index (Phi) is 14.9. The van der Waals surface area contributed by atoms with Gasteiger partial charge in [0.15, 0.2) is 5.75 Å². The van der Waals surface area contributed by atoms with Crippen LogP contribution in [0.2, 0.25) is 10.0 Å². The molecule has 0 aromatic heterocycles. The van der Waals surface area contributed by atoms with E-state index in [4.69, 9.17) is 47.0 Å². The number of Topliss-reactive ketones (excluding diaryl/α,β-unsaturated/α-hetero) is 1. The first kappa shape index (κ1) is 47.7. The molecule has 3 aliphatic rings. The van der Waals surface area contributed by atoms with E-state index < -0.39 is 94.5 Å². The van der Waals surface area contributed by atoms with Crippen molar-refractivity contribution in [1.82, 2.24) is 0 Å². The molecule has 15 nitrogen and oxygen atoms in total. The lowest BCUT2D eigenvalue weighted by Gasteiger charge is -2.38. The summed E-state index contributed by atoms with van der Waals surface area (Å²) in [6, 6.07) is 4.74. The van der Waals surface area contributed by atoms with E-state index in [-0.39, 0.29) is 45.4 Å². The van der Waals surface area contributed by atoms with Crippen molar-refractivity contribution in [2.24, 2.45) is 28.8 Å². The number of phenolic OH excluding ortho intramolecular Hbond substituents is 3. The zero-order valence-electron chi connectivity index (χ0n) is 35.7. The highest BCUT2D eigenvalue weighted by Crippen LogP contribution is 2.55. The number of hydrogen-bond donors (Lipinski definition) is 6. The number of phenols is 3. The number of aliphatic hydroxyl groups is 2. The van der Waals surface area contributed by atoms with Crippen LogP contribution in [0, 0.1) is 30.6 Å². The van der Waals surface area contributed by atoms with Crippen molar-refractivity contribution >= 4 is 63.5 Å². The van der Waals surface area contributed by atoms with E-state index in [0.29, 0.717) is 15.6 Å². The lowest BCUT2D eigenvalue weighted by molar-refractivity contribution is -0.160. The quantitative estimate of drug-likeness (QED) is 0.0462. The minimum atomic E-state index is -2.10. The van der Waals surface area contributed by atoms with Crippen LogP contribution in [-0.4, -0.2) is 86.7 Å². The number of oxime groups is 1. The number of aromatic hydroxyl groups is 3. The van der Waals surface area contributed by atoms with E-state index in [0.717, 1.165) is 6.21 Å². The lowest BCUT2D eigenvalue weighted by Crippen LogP contribution is -2.46. The van der Waals surface area contributed by atoms with E-state index in [9.17, 15) is 39.9 Å². The van der Waals surface area contributed by atoms with Gasteiger partial charge < -0.3 is 54.6 Å². The Morgan fingerprint density at radius 2 is 1.66 bits per heavy atom. The normalized spacial score (nSPS) is 29.1. The molecule has 5 bridgehead atoms. The van der Waals surface area contributed by atoms with Crippen molar-refractivity contribution in [3.8, 4) is 23.0 Å². The van der Waals surface area contributed by atoms with Gasteiger partial charge in [0.1, 0.15) is 30.0 Å². The van der Waals surface area contributed by atoms with Crippen LogP contribution in [0.4, 0.5) is 5.69 Å². The van der Waals surface area contributed by atoms with E-state index >= 15 is 0 Å². The molecule has 334 valence electrons. The second-order valence-electron chi connectivity index (χ2n) is 15.9. The molecule has 3 aliphatic heterocycles. The van der Waals surface area contributed by atoms with Crippen molar-refractivity contribution in [1.29, 1.82) is 0 Å². The third-order valence-corrected chi connectivity index (χ3v) is 12.1. The summed E-state index contributed by atoms with van der Waals surface area (Å²) in [5, 5.41) is 64.9. The number of aliphatic hydroxyl groups excluding tert-OH is 2. The molecule has 6 rings (SSSR count). The maximum atomic E-state index is 14.4.